The summed E-state index contributed by atoms with van der Waals surface area (Å²) in [5.41, 5.74) is 5.46. The number of hydrogen-bond acceptors (Lipinski definition) is 4. The van der Waals surface area contributed by atoms with Gasteiger partial charge in [-0.05, 0) is 18.2 Å². The normalized spacial score (nSPS) is 9.55. The van der Waals surface area contributed by atoms with Gasteiger partial charge in [-0.3, -0.25) is 9.59 Å². The number of ketones is 1. The van der Waals surface area contributed by atoms with Crippen LogP contribution in [0.25, 0.3) is 0 Å². The van der Waals surface area contributed by atoms with Crippen molar-refractivity contribution in [2.45, 2.75) is 12.8 Å². The Morgan fingerprint density at radius 3 is 2.60 bits per heavy atom. The van der Waals surface area contributed by atoms with Gasteiger partial charge in [0.15, 0.2) is 17.3 Å². The zero-order valence-electron chi connectivity index (χ0n) is 11.1. The smallest absolute Gasteiger partial charge is 0.220 e. The van der Waals surface area contributed by atoms with Crippen LogP contribution in [0.3, 0.4) is 0 Å². The minimum atomic E-state index is -0.596. The summed E-state index contributed by atoms with van der Waals surface area (Å²) in [6.07, 6.45) is 0.0919. The third kappa shape index (κ3) is 5.54. The molecule has 0 unspecified atom stereocenters. The number of Topliss-reactive ketones (excluding diaryl/α,β-unsaturated/α-hetero) is 1. The summed E-state index contributed by atoms with van der Waals surface area (Å²) >= 11 is 0. The summed E-state index contributed by atoms with van der Waals surface area (Å²) in [5, 5.41) is 2.56. The fourth-order valence-electron chi connectivity index (χ4n) is 1.51. The van der Waals surface area contributed by atoms with E-state index >= 15 is 0 Å². The number of carbonyl (C=O) groups is 2. The Balaban J connectivity index is 0.00000361. The van der Waals surface area contributed by atoms with Gasteiger partial charge in [-0.15, -0.1) is 12.4 Å². The number of amides is 1. The lowest BCUT2D eigenvalue weighted by Crippen LogP contribution is -2.29. The number of benzene rings is 1. The van der Waals surface area contributed by atoms with E-state index in [1.165, 1.54) is 19.2 Å². The van der Waals surface area contributed by atoms with Crippen LogP contribution >= 0.6 is 12.4 Å². The second-order valence-electron chi connectivity index (χ2n) is 3.91. The molecular formula is C13H18ClFN2O3. The van der Waals surface area contributed by atoms with Gasteiger partial charge in [-0.1, -0.05) is 0 Å². The Morgan fingerprint density at radius 2 is 2.05 bits per heavy atom. The van der Waals surface area contributed by atoms with Crippen molar-refractivity contribution in [1.82, 2.24) is 5.32 Å². The number of nitrogens with two attached hydrogens (primary N) is 1. The molecule has 20 heavy (non-hydrogen) atoms. The lowest BCUT2D eigenvalue weighted by atomic mass is 10.1. The molecule has 0 aliphatic rings. The van der Waals surface area contributed by atoms with E-state index in [-0.39, 0.29) is 48.3 Å². The van der Waals surface area contributed by atoms with E-state index in [1.54, 1.807) is 0 Å². The molecule has 112 valence electrons. The highest BCUT2D eigenvalue weighted by Crippen LogP contribution is 2.18. The molecule has 7 heteroatoms. The summed E-state index contributed by atoms with van der Waals surface area (Å²) in [6.45, 7) is 0.730. The quantitative estimate of drug-likeness (QED) is 0.744. The number of methoxy groups -OCH3 is 1. The Kier molecular flexibility index (Phi) is 8.51. The molecule has 0 heterocycles. The number of hydrogen-bond donors (Lipinski definition) is 2. The number of ether oxygens (including phenoxy) is 1. The van der Waals surface area contributed by atoms with Crippen LogP contribution in [0.4, 0.5) is 4.39 Å². The van der Waals surface area contributed by atoms with Crippen LogP contribution in [0.1, 0.15) is 23.2 Å². The van der Waals surface area contributed by atoms with Crippen molar-refractivity contribution < 1.29 is 18.7 Å². The Morgan fingerprint density at radius 1 is 1.35 bits per heavy atom. The topological polar surface area (TPSA) is 81.4 Å². The molecule has 1 aromatic carbocycles. The van der Waals surface area contributed by atoms with Gasteiger partial charge in [0.2, 0.25) is 5.91 Å². The van der Waals surface area contributed by atoms with Gasteiger partial charge in [-0.25, -0.2) is 4.39 Å². The second-order valence-corrected chi connectivity index (χ2v) is 3.91. The summed E-state index contributed by atoms with van der Waals surface area (Å²) in [7, 11) is 1.35. The molecule has 5 nitrogen and oxygen atoms in total. The fraction of sp³-hybridized carbons (Fsp3) is 0.385. The third-order valence-electron chi connectivity index (χ3n) is 2.52. The molecule has 0 atom stereocenters. The molecule has 0 saturated carbocycles. The standard InChI is InChI=1S/C13H17FN2O3.ClH/c1-19-12-4-2-9(8-10(12)14)11(17)3-5-13(18)16-7-6-15;/h2,4,8H,3,5-7,15H2,1H3,(H,16,18);1H. The molecule has 0 bridgehead atoms. The number of carbonyl (C=O) groups excluding carboxylic acids is 2. The van der Waals surface area contributed by atoms with E-state index in [4.69, 9.17) is 10.5 Å². The van der Waals surface area contributed by atoms with Crippen LogP contribution in [-0.2, 0) is 4.79 Å². The maximum absolute atomic E-state index is 13.4. The predicted molar refractivity (Wildman–Crippen MR) is 75.8 cm³/mol. The average molecular weight is 305 g/mol. The van der Waals surface area contributed by atoms with Gasteiger partial charge >= 0.3 is 0 Å². The Labute approximate surface area is 123 Å². The van der Waals surface area contributed by atoms with E-state index in [0.717, 1.165) is 6.07 Å². The van der Waals surface area contributed by atoms with Gasteiger partial charge in [0.05, 0.1) is 7.11 Å². The molecule has 0 aromatic heterocycles. The van der Waals surface area contributed by atoms with E-state index in [1.807, 2.05) is 0 Å². The first-order valence-electron chi connectivity index (χ1n) is 5.92. The van der Waals surface area contributed by atoms with Crippen molar-refractivity contribution in [1.29, 1.82) is 0 Å². The fourth-order valence-corrected chi connectivity index (χ4v) is 1.51. The molecule has 0 spiro atoms. The lowest BCUT2D eigenvalue weighted by molar-refractivity contribution is -0.121. The number of rotatable bonds is 7. The van der Waals surface area contributed by atoms with Gasteiger partial charge in [0.25, 0.3) is 0 Å². The van der Waals surface area contributed by atoms with Crippen LogP contribution in [-0.4, -0.2) is 31.9 Å². The third-order valence-corrected chi connectivity index (χ3v) is 2.52. The molecule has 0 fully saturated rings. The van der Waals surface area contributed by atoms with Crippen LogP contribution in [0.5, 0.6) is 5.75 Å². The maximum atomic E-state index is 13.4. The minimum Gasteiger partial charge on any atom is -0.494 e. The van der Waals surface area contributed by atoms with Gasteiger partial charge in [-0.2, -0.15) is 0 Å². The maximum Gasteiger partial charge on any atom is 0.220 e. The Bertz CT molecular complexity index is 469. The number of halogens is 2. The van der Waals surface area contributed by atoms with Crippen molar-refractivity contribution in [3.63, 3.8) is 0 Å². The van der Waals surface area contributed by atoms with Gasteiger partial charge in [0, 0.05) is 31.5 Å². The summed E-state index contributed by atoms with van der Waals surface area (Å²) in [5.74, 6) is -1.05. The zero-order valence-corrected chi connectivity index (χ0v) is 12.0. The molecular weight excluding hydrogens is 287 g/mol. The van der Waals surface area contributed by atoms with Gasteiger partial charge < -0.3 is 15.8 Å². The molecule has 0 saturated heterocycles. The zero-order chi connectivity index (χ0) is 14.3. The minimum absolute atomic E-state index is 0. The Hall–Kier alpha value is -1.66. The second kappa shape index (κ2) is 9.28. The van der Waals surface area contributed by atoms with Crippen LogP contribution in [0, 0.1) is 5.82 Å². The largest absolute Gasteiger partial charge is 0.494 e. The first kappa shape index (κ1) is 18.3. The average Bonchev–Trinajstić information content (AvgIpc) is 2.42. The van der Waals surface area contributed by atoms with Crippen molar-refractivity contribution >= 4 is 24.1 Å². The van der Waals surface area contributed by atoms with Crippen LogP contribution in [0.2, 0.25) is 0 Å². The molecule has 0 aliphatic heterocycles. The highest BCUT2D eigenvalue weighted by Gasteiger charge is 2.11. The predicted octanol–water partition coefficient (Wildman–Crippen LogP) is 1.29. The summed E-state index contributed by atoms with van der Waals surface area (Å²) in [4.78, 5) is 23.1. The van der Waals surface area contributed by atoms with Crippen molar-refractivity contribution in [3.8, 4) is 5.75 Å². The van der Waals surface area contributed by atoms with E-state index in [0.29, 0.717) is 13.1 Å². The van der Waals surface area contributed by atoms with Crippen LogP contribution in [0.15, 0.2) is 18.2 Å². The van der Waals surface area contributed by atoms with E-state index in [9.17, 15) is 14.0 Å². The van der Waals surface area contributed by atoms with Crippen molar-refractivity contribution in [2.75, 3.05) is 20.2 Å². The molecule has 0 aliphatic carbocycles. The van der Waals surface area contributed by atoms with Crippen molar-refractivity contribution in [3.05, 3.63) is 29.6 Å². The molecule has 3 N–H and O–H groups in total. The van der Waals surface area contributed by atoms with E-state index in [2.05, 4.69) is 5.32 Å². The molecule has 1 amide bonds. The monoisotopic (exact) mass is 304 g/mol. The first-order valence-corrected chi connectivity index (χ1v) is 5.92. The lowest BCUT2D eigenvalue weighted by Gasteiger charge is -2.05. The highest BCUT2D eigenvalue weighted by atomic mass is 35.5. The molecule has 1 aromatic rings. The summed E-state index contributed by atoms with van der Waals surface area (Å²) < 4.78 is 18.2. The summed E-state index contributed by atoms with van der Waals surface area (Å²) in [6, 6.07) is 3.97. The first-order chi connectivity index (χ1) is 9.08. The van der Waals surface area contributed by atoms with Crippen LogP contribution < -0.4 is 15.8 Å². The SMILES string of the molecule is COc1ccc(C(=O)CCC(=O)NCCN)cc1F.Cl. The number of nitrogens with one attached hydrogen (secondary N) is 1. The highest BCUT2D eigenvalue weighted by molar-refractivity contribution is 5.98. The van der Waals surface area contributed by atoms with E-state index < -0.39 is 5.82 Å². The molecule has 1 rings (SSSR count). The van der Waals surface area contributed by atoms with Gasteiger partial charge in [0.1, 0.15) is 0 Å². The molecule has 0 radical (unpaired) electrons. The van der Waals surface area contributed by atoms with Crippen molar-refractivity contribution in [2.24, 2.45) is 5.73 Å².